The van der Waals surface area contributed by atoms with E-state index in [2.05, 4.69) is 22.0 Å². The Balaban J connectivity index is 2.36. The second-order valence-electron chi connectivity index (χ2n) is 4.39. The summed E-state index contributed by atoms with van der Waals surface area (Å²) in [6, 6.07) is 7.06. The van der Waals surface area contributed by atoms with E-state index in [0.717, 1.165) is 29.9 Å². The first-order chi connectivity index (χ1) is 9.71. The van der Waals surface area contributed by atoms with Crippen LogP contribution in [0.1, 0.15) is 35.1 Å². The summed E-state index contributed by atoms with van der Waals surface area (Å²) < 4.78 is 6.45. The summed E-state index contributed by atoms with van der Waals surface area (Å²) in [7, 11) is 1.36. The molecule has 2 rings (SSSR count). The number of hydrogen-bond donors (Lipinski definition) is 1. The van der Waals surface area contributed by atoms with Crippen LogP contribution in [0.2, 0.25) is 0 Å². The maximum absolute atomic E-state index is 11.4. The van der Waals surface area contributed by atoms with Crippen LogP contribution in [0.4, 0.5) is 0 Å². The summed E-state index contributed by atoms with van der Waals surface area (Å²) >= 11 is 0. The van der Waals surface area contributed by atoms with Crippen LogP contribution in [0.5, 0.6) is 0 Å². The molecule has 0 aliphatic carbocycles. The monoisotopic (exact) mass is 274 g/mol. The van der Waals surface area contributed by atoms with Crippen LogP contribution in [0.15, 0.2) is 24.3 Å². The largest absolute Gasteiger partial charge is 0.465 e. The molecular weight excluding hydrogens is 256 g/mol. The van der Waals surface area contributed by atoms with E-state index in [0.29, 0.717) is 12.1 Å². The van der Waals surface area contributed by atoms with E-state index in [1.165, 1.54) is 7.11 Å². The van der Waals surface area contributed by atoms with Crippen molar-refractivity contribution < 1.29 is 9.53 Å². The molecule has 1 heterocycles. The average molecular weight is 274 g/mol. The Hall–Kier alpha value is -2.21. The third-order valence-electron chi connectivity index (χ3n) is 3.06. The van der Waals surface area contributed by atoms with Crippen molar-refractivity contribution in [3.8, 4) is 5.69 Å². The molecule has 0 aliphatic rings. The van der Waals surface area contributed by atoms with Gasteiger partial charge in [-0.25, -0.2) is 9.48 Å². The summed E-state index contributed by atoms with van der Waals surface area (Å²) in [6.07, 6.45) is 1.85. The molecule has 2 aromatic rings. The molecule has 106 valence electrons. The number of rotatable bonds is 5. The van der Waals surface area contributed by atoms with E-state index in [1.54, 1.807) is 16.8 Å². The first kappa shape index (κ1) is 14.2. The summed E-state index contributed by atoms with van der Waals surface area (Å²) in [5.41, 5.74) is 8.86. The van der Waals surface area contributed by atoms with Crippen molar-refractivity contribution in [2.45, 2.75) is 26.3 Å². The lowest BCUT2D eigenvalue weighted by atomic mass is 10.1. The molecule has 0 saturated carbocycles. The Labute approximate surface area is 117 Å². The van der Waals surface area contributed by atoms with E-state index in [-0.39, 0.29) is 5.97 Å². The quantitative estimate of drug-likeness (QED) is 0.835. The van der Waals surface area contributed by atoms with Crippen LogP contribution in [0, 0.1) is 0 Å². The Kier molecular flexibility index (Phi) is 4.47. The first-order valence-corrected chi connectivity index (χ1v) is 6.53. The Bertz CT molecular complexity index is 590. The fourth-order valence-electron chi connectivity index (χ4n) is 2.04. The van der Waals surface area contributed by atoms with E-state index in [1.807, 2.05) is 12.1 Å². The summed E-state index contributed by atoms with van der Waals surface area (Å²) in [4.78, 5) is 11.4. The number of aromatic nitrogens is 3. The lowest BCUT2D eigenvalue weighted by Crippen LogP contribution is -2.07. The molecular formula is C14H18N4O2. The van der Waals surface area contributed by atoms with E-state index in [4.69, 9.17) is 5.73 Å². The highest BCUT2D eigenvalue weighted by molar-refractivity contribution is 5.89. The van der Waals surface area contributed by atoms with Gasteiger partial charge in [-0.3, -0.25) is 0 Å². The maximum Gasteiger partial charge on any atom is 0.337 e. The molecule has 6 nitrogen and oxygen atoms in total. The van der Waals surface area contributed by atoms with Crippen molar-refractivity contribution in [3.05, 3.63) is 41.2 Å². The lowest BCUT2D eigenvalue weighted by molar-refractivity contribution is 0.0601. The van der Waals surface area contributed by atoms with Gasteiger partial charge < -0.3 is 10.5 Å². The molecule has 0 fully saturated rings. The van der Waals surface area contributed by atoms with Crippen LogP contribution >= 0.6 is 0 Å². The lowest BCUT2D eigenvalue weighted by Gasteiger charge is -2.07. The smallest absolute Gasteiger partial charge is 0.337 e. The Morgan fingerprint density at radius 3 is 2.60 bits per heavy atom. The summed E-state index contributed by atoms with van der Waals surface area (Å²) in [5.74, 6) is -0.355. The molecule has 0 amide bonds. The number of carbonyl (C=O) groups excluding carboxylic acids is 1. The predicted octanol–water partition coefficient (Wildman–Crippen LogP) is 1.47. The summed E-state index contributed by atoms with van der Waals surface area (Å²) in [5, 5.41) is 8.24. The standard InChI is InChI=1S/C14H18N4O2/c1-3-4-13-12(9-15)16-17-18(13)11-7-5-10(6-8-11)14(19)20-2/h5-8H,3-4,9,15H2,1-2H3. The minimum Gasteiger partial charge on any atom is -0.465 e. The van der Waals surface area contributed by atoms with Crippen LogP contribution in [-0.2, 0) is 17.7 Å². The van der Waals surface area contributed by atoms with Crippen molar-refractivity contribution in [3.63, 3.8) is 0 Å². The molecule has 2 N–H and O–H groups in total. The predicted molar refractivity (Wildman–Crippen MR) is 74.6 cm³/mol. The molecule has 6 heteroatoms. The molecule has 0 aliphatic heterocycles. The Morgan fingerprint density at radius 2 is 2.05 bits per heavy atom. The van der Waals surface area contributed by atoms with Crippen molar-refractivity contribution in [1.29, 1.82) is 0 Å². The number of carbonyl (C=O) groups is 1. The van der Waals surface area contributed by atoms with E-state index in [9.17, 15) is 4.79 Å². The highest BCUT2D eigenvalue weighted by atomic mass is 16.5. The zero-order valence-electron chi connectivity index (χ0n) is 11.7. The SMILES string of the molecule is CCCc1c(CN)nnn1-c1ccc(C(=O)OC)cc1. The molecule has 1 aromatic heterocycles. The van der Waals surface area contributed by atoms with Crippen LogP contribution in [0.25, 0.3) is 5.69 Å². The van der Waals surface area contributed by atoms with Crippen molar-refractivity contribution in [2.24, 2.45) is 5.73 Å². The second kappa shape index (κ2) is 6.29. The maximum atomic E-state index is 11.4. The van der Waals surface area contributed by atoms with Gasteiger partial charge in [-0.2, -0.15) is 0 Å². The third-order valence-corrected chi connectivity index (χ3v) is 3.06. The topological polar surface area (TPSA) is 83.0 Å². The molecule has 20 heavy (non-hydrogen) atoms. The van der Waals surface area contributed by atoms with Gasteiger partial charge in [-0.05, 0) is 30.7 Å². The number of methoxy groups -OCH3 is 1. The minimum atomic E-state index is -0.355. The second-order valence-corrected chi connectivity index (χ2v) is 4.39. The minimum absolute atomic E-state index is 0.355. The molecule has 0 radical (unpaired) electrons. The molecule has 1 aromatic carbocycles. The third kappa shape index (κ3) is 2.70. The van der Waals surface area contributed by atoms with Crippen molar-refractivity contribution >= 4 is 5.97 Å². The Morgan fingerprint density at radius 1 is 1.35 bits per heavy atom. The van der Waals surface area contributed by atoms with Gasteiger partial charge in [0.2, 0.25) is 0 Å². The van der Waals surface area contributed by atoms with Gasteiger partial charge in [0.05, 0.1) is 29.7 Å². The zero-order valence-corrected chi connectivity index (χ0v) is 11.7. The van der Waals surface area contributed by atoms with Crippen LogP contribution < -0.4 is 5.73 Å². The fraction of sp³-hybridized carbons (Fsp3) is 0.357. The normalized spacial score (nSPS) is 10.6. The van der Waals surface area contributed by atoms with Crippen molar-refractivity contribution in [2.75, 3.05) is 7.11 Å². The molecule has 0 bridgehead atoms. The van der Waals surface area contributed by atoms with Gasteiger partial charge in [0.1, 0.15) is 0 Å². The van der Waals surface area contributed by atoms with Crippen molar-refractivity contribution in [1.82, 2.24) is 15.0 Å². The van der Waals surface area contributed by atoms with Crippen LogP contribution in [0.3, 0.4) is 0 Å². The molecule has 0 unspecified atom stereocenters. The van der Waals surface area contributed by atoms with Gasteiger partial charge in [-0.15, -0.1) is 5.10 Å². The fourth-order valence-corrected chi connectivity index (χ4v) is 2.04. The van der Waals surface area contributed by atoms with E-state index >= 15 is 0 Å². The average Bonchev–Trinajstić information content (AvgIpc) is 2.90. The van der Waals surface area contributed by atoms with Gasteiger partial charge in [0, 0.05) is 6.54 Å². The van der Waals surface area contributed by atoms with Gasteiger partial charge >= 0.3 is 5.97 Å². The highest BCUT2D eigenvalue weighted by Gasteiger charge is 2.13. The van der Waals surface area contributed by atoms with E-state index < -0.39 is 0 Å². The highest BCUT2D eigenvalue weighted by Crippen LogP contribution is 2.15. The zero-order chi connectivity index (χ0) is 14.5. The van der Waals surface area contributed by atoms with Crippen LogP contribution in [-0.4, -0.2) is 28.1 Å². The first-order valence-electron chi connectivity index (χ1n) is 6.53. The molecule has 0 spiro atoms. The summed E-state index contributed by atoms with van der Waals surface area (Å²) in [6.45, 7) is 2.47. The number of benzene rings is 1. The number of ether oxygens (including phenoxy) is 1. The van der Waals surface area contributed by atoms with Gasteiger partial charge in [0.25, 0.3) is 0 Å². The van der Waals surface area contributed by atoms with Gasteiger partial charge in [-0.1, -0.05) is 18.6 Å². The molecule has 0 atom stereocenters. The van der Waals surface area contributed by atoms with Gasteiger partial charge in [0.15, 0.2) is 0 Å². The molecule has 0 saturated heterocycles. The number of nitrogens with zero attached hydrogens (tertiary/aromatic N) is 3. The number of hydrogen-bond acceptors (Lipinski definition) is 5. The number of esters is 1. The number of nitrogens with two attached hydrogens (primary N) is 1.